The lowest BCUT2D eigenvalue weighted by Crippen LogP contribution is -2.40. The summed E-state index contributed by atoms with van der Waals surface area (Å²) < 4.78 is 11.0. The topological polar surface area (TPSA) is 61.6 Å². The lowest BCUT2D eigenvalue weighted by Gasteiger charge is -2.20. The first kappa shape index (κ1) is 21.4. The van der Waals surface area contributed by atoms with Gasteiger partial charge in [-0.15, -0.1) is 0 Å². The number of rotatable bonds is 14. The molecule has 0 aromatic heterocycles. The third-order valence-corrected chi connectivity index (χ3v) is 4.94. The smallest absolute Gasteiger partial charge is 0.303 e. The molecule has 0 saturated carbocycles. The molecule has 0 aromatic carbocycles. The largest absolute Gasteiger partial charge is 0.458 e. The van der Waals surface area contributed by atoms with E-state index in [9.17, 15) is 4.79 Å². The summed E-state index contributed by atoms with van der Waals surface area (Å²) in [6, 6.07) is -0.170. The van der Waals surface area contributed by atoms with Crippen molar-refractivity contribution < 1.29 is 14.3 Å². The van der Waals surface area contributed by atoms with Gasteiger partial charge in [-0.3, -0.25) is 4.79 Å². The Hall–Kier alpha value is -0.610. The molecule has 1 fully saturated rings. The number of esters is 1. The maximum Gasteiger partial charge on any atom is 0.303 e. The molecule has 1 rings (SSSR count). The SMILES string of the molecule is CCCCCCCCCCCCCC[C@H]1OC[C@@H](N)[C@H]1OC(C)=O. The van der Waals surface area contributed by atoms with Crippen LogP contribution in [0.3, 0.4) is 0 Å². The van der Waals surface area contributed by atoms with E-state index < -0.39 is 0 Å². The zero-order chi connectivity index (χ0) is 17.6. The first-order valence-corrected chi connectivity index (χ1v) is 10.2. The summed E-state index contributed by atoms with van der Waals surface area (Å²) in [6.07, 6.45) is 16.8. The van der Waals surface area contributed by atoms with E-state index in [-0.39, 0.29) is 24.2 Å². The van der Waals surface area contributed by atoms with Gasteiger partial charge in [0.15, 0.2) is 0 Å². The minimum atomic E-state index is -0.263. The minimum absolute atomic E-state index is 0.00739. The van der Waals surface area contributed by atoms with E-state index >= 15 is 0 Å². The van der Waals surface area contributed by atoms with Crippen LogP contribution in [0.5, 0.6) is 0 Å². The van der Waals surface area contributed by atoms with E-state index in [2.05, 4.69) is 6.92 Å². The van der Waals surface area contributed by atoms with Gasteiger partial charge < -0.3 is 15.2 Å². The number of unbranched alkanes of at least 4 members (excludes halogenated alkanes) is 11. The average Bonchev–Trinajstić information content (AvgIpc) is 2.88. The Kier molecular flexibility index (Phi) is 12.2. The zero-order valence-corrected chi connectivity index (χ0v) is 15.9. The van der Waals surface area contributed by atoms with E-state index in [1.807, 2.05) is 0 Å². The zero-order valence-electron chi connectivity index (χ0n) is 15.9. The van der Waals surface area contributed by atoms with Gasteiger partial charge in [0, 0.05) is 6.92 Å². The number of ether oxygens (including phenoxy) is 2. The first-order valence-electron chi connectivity index (χ1n) is 10.2. The molecule has 0 aromatic rings. The quantitative estimate of drug-likeness (QED) is 0.366. The van der Waals surface area contributed by atoms with Gasteiger partial charge in [0.05, 0.1) is 18.8 Å². The van der Waals surface area contributed by atoms with Gasteiger partial charge >= 0.3 is 5.97 Å². The van der Waals surface area contributed by atoms with Crippen molar-refractivity contribution in [3.63, 3.8) is 0 Å². The maximum atomic E-state index is 11.1. The maximum absolute atomic E-state index is 11.1. The van der Waals surface area contributed by atoms with E-state index in [0.29, 0.717) is 6.61 Å². The van der Waals surface area contributed by atoms with Crippen molar-refractivity contribution in [2.45, 2.75) is 116 Å². The Morgan fingerprint density at radius 3 is 1.96 bits per heavy atom. The van der Waals surface area contributed by atoms with Crippen LogP contribution < -0.4 is 5.73 Å². The molecule has 0 amide bonds. The predicted molar refractivity (Wildman–Crippen MR) is 99.0 cm³/mol. The second-order valence-corrected chi connectivity index (χ2v) is 7.29. The Morgan fingerprint density at radius 1 is 0.958 bits per heavy atom. The molecule has 0 unspecified atom stereocenters. The van der Waals surface area contributed by atoms with Gasteiger partial charge in [0.25, 0.3) is 0 Å². The van der Waals surface area contributed by atoms with Crippen LogP contribution in [0.2, 0.25) is 0 Å². The van der Waals surface area contributed by atoms with Gasteiger partial charge in [-0.1, -0.05) is 84.0 Å². The molecule has 0 aliphatic carbocycles. The van der Waals surface area contributed by atoms with Crippen molar-refractivity contribution in [2.24, 2.45) is 5.73 Å². The van der Waals surface area contributed by atoms with E-state index in [4.69, 9.17) is 15.2 Å². The normalized spacial score (nSPS) is 23.5. The van der Waals surface area contributed by atoms with Crippen LogP contribution >= 0.6 is 0 Å². The number of carbonyl (C=O) groups excluding carboxylic acids is 1. The van der Waals surface area contributed by atoms with Crippen molar-refractivity contribution in [1.29, 1.82) is 0 Å². The predicted octanol–water partition coefficient (Wildman–Crippen LogP) is 4.74. The van der Waals surface area contributed by atoms with Gasteiger partial charge in [-0.2, -0.15) is 0 Å². The lowest BCUT2D eigenvalue weighted by atomic mass is 10.0. The summed E-state index contributed by atoms with van der Waals surface area (Å²) in [5, 5.41) is 0. The Morgan fingerprint density at radius 2 is 1.46 bits per heavy atom. The number of nitrogens with two attached hydrogens (primary N) is 1. The Balaban J connectivity index is 1.92. The molecule has 142 valence electrons. The van der Waals surface area contributed by atoms with Gasteiger partial charge in [-0.05, 0) is 6.42 Å². The molecule has 24 heavy (non-hydrogen) atoms. The highest BCUT2D eigenvalue weighted by atomic mass is 16.6. The molecule has 4 nitrogen and oxygen atoms in total. The van der Waals surface area contributed by atoms with Crippen LogP contribution in [-0.2, 0) is 14.3 Å². The molecule has 1 aliphatic heterocycles. The average molecular weight is 342 g/mol. The molecule has 2 N–H and O–H groups in total. The van der Waals surface area contributed by atoms with Crippen LogP contribution in [0, 0.1) is 0 Å². The summed E-state index contributed by atoms with van der Waals surface area (Å²) in [7, 11) is 0. The highest BCUT2D eigenvalue weighted by Crippen LogP contribution is 2.22. The molecule has 1 saturated heterocycles. The van der Waals surface area contributed by atoms with E-state index in [1.165, 1.54) is 77.6 Å². The van der Waals surface area contributed by atoms with Gasteiger partial charge in [0.2, 0.25) is 0 Å². The fourth-order valence-corrected chi connectivity index (χ4v) is 3.49. The third kappa shape index (κ3) is 9.63. The van der Waals surface area contributed by atoms with Crippen molar-refractivity contribution in [2.75, 3.05) is 6.61 Å². The van der Waals surface area contributed by atoms with Crippen LogP contribution in [0.4, 0.5) is 0 Å². The van der Waals surface area contributed by atoms with Crippen molar-refractivity contribution in [1.82, 2.24) is 0 Å². The highest BCUT2D eigenvalue weighted by Gasteiger charge is 2.36. The molecule has 0 bridgehead atoms. The lowest BCUT2D eigenvalue weighted by molar-refractivity contribution is -0.149. The summed E-state index contributed by atoms with van der Waals surface area (Å²) in [5.74, 6) is -0.263. The highest BCUT2D eigenvalue weighted by molar-refractivity contribution is 5.66. The number of hydrogen-bond donors (Lipinski definition) is 1. The summed E-state index contributed by atoms with van der Waals surface area (Å²) in [5.41, 5.74) is 5.95. The first-order chi connectivity index (χ1) is 11.6. The molecule has 1 heterocycles. The van der Waals surface area contributed by atoms with Crippen LogP contribution in [0.25, 0.3) is 0 Å². The fourth-order valence-electron chi connectivity index (χ4n) is 3.49. The number of carbonyl (C=O) groups is 1. The molecule has 0 radical (unpaired) electrons. The Bertz CT molecular complexity index is 322. The molecule has 4 heteroatoms. The molecule has 3 atom stereocenters. The molecule has 0 spiro atoms. The minimum Gasteiger partial charge on any atom is -0.458 e. The second kappa shape index (κ2) is 13.7. The standard InChI is InChI=1S/C20H39NO3/c1-3-4-5-6-7-8-9-10-11-12-13-14-15-19-20(24-17(2)22)18(21)16-23-19/h18-20H,3-16,21H2,1-2H3/t18-,19-,20-/m1/s1. The van der Waals surface area contributed by atoms with Gasteiger partial charge in [0.1, 0.15) is 6.10 Å². The Labute approximate surface area is 148 Å². The van der Waals surface area contributed by atoms with Crippen molar-refractivity contribution >= 4 is 5.97 Å². The van der Waals surface area contributed by atoms with Crippen LogP contribution in [-0.4, -0.2) is 30.8 Å². The fraction of sp³-hybridized carbons (Fsp3) is 0.950. The van der Waals surface area contributed by atoms with Crippen molar-refractivity contribution in [3.8, 4) is 0 Å². The van der Waals surface area contributed by atoms with Crippen LogP contribution in [0.15, 0.2) is 0 Å². The van der Waals surface area contributed by atoms with E-state index in [1.54, 1.807) is 0 Å². The third-order valence-electron chi connectivity index (χ3n) is 4.94. The molecular weight excluding hydrogens is 302 g/mol. The summed E-state index contributed by atoms with van der Waals surface area (Å²) in [4.78, 5) is 11.1. The molecule has 1 aliphatic rings. The van der Waals surface area contributed by atoms with E-state index in [0.717, 1.165) is 12.8 Å². The molecular formula is C20H39NO3. The summed E-state index contributed by atoms with van der Waals surface area (Å²) >= 11 is 0. The van der Waals surface area contributed by atoms with Crippen LogP contribution in [0.1, 0.15) is 97.3 Å². The monoisotopic (exact) mass is 341 g/mol. The van der Waals surface area contributed by atoms with Crippen molar-refractivity contribution in [3.05, 3.63) is 0 Å². The second-order valence-electron chi connectivity index (χ2n) is 7.29. The number of hydrogen-bond acceptors (Lipinski definition) is 4. The summed E-state index contributed by atoms with van der Waals surface area (Å²) in [6.45, 7) is 4.20. The van der Waals surface area contributed by atoms with Gasteiger partial charge in [-0.25, -0.2) is 0 Å².